The van der Waals surface area contributed by atoms with Crippen LogP contribution in [0.25, 0.3) is 11.0 Å². The molecule has 4 rings (SSSR count). The number of benzene rings is 1. The maximum atomic E-state index is 13.3. The highest BCUT2D eigenvalue weighted by molar-refractivity contribution is 6.35. The van der Waals surface area contributed by atoms with Gasteiger partial charge in [-0.2, -0.15) is 0 Å². The molecule has 0 saturated carbocycles. The summed E-state index contributed by atoms with van der Waals surface area (Å²) in [5, 5.41) is 0.959. The number of pyridine rings is 1. The van der Waals surface area contributed by atoms with Gasteiger partial charge in [-0.05, 0) is 0 Å². The summed E-state index contributed by atoms with van der Waals surface area (Å²) in [6, 6.07) is 4.70. The summed E-state index contributed by atoms with van der Waals surface area (Å²) < 4.78 is 16.0. The number of nitrogens with one attached hydrogen (secondary N) is 1. The average Bonchev–Trinajstić information content (AvgIpc) is 3.18. The molecule has 1 aliphatic rings. The maximum Gasteiger partial charge on any atom is 0.415 e. The quantitative estimate of drug-likeness (QED) is 0.635. The lowest BCUT2D eigenvalue weighted by molar-refractivity contribution is 0.170. The first-order chi connectivity index (χ1) is 15.2. The molecule has 1 N–H and O–H groups in total. The number of urea groups is 1. The van der Waals surface area contributed by atoms with Gasteiger partial charge in [0, 0.05) is 56.5 Å². The van der Waals surface area contributed by atoms with E-state index in [-0.39, 0.29) is 18.5 Å². The van der Waals surface area contributed by atoms with Crippen LogP contribution in [0.15, 0.2) is 24.4 Å². The number of fused-ring (bicyclic) bond motifs is 3. The molecule has 0 bridgehead atoms. The minimum atomic E-state index is -0.525. The predicted molar refractivity (Wildman–Crippen MR) is 120 cm³/mol. The number of ether oxygens (including phenoxy) is 3. The Labute approximate surface area is 189 Å². The highest BCUT2D eigenvalue weighted by Crippen LogP contribution is 2.43. The van der Waals surface area contributed by atoms with Crippen molar-refractivity contribution in [1.29, 1.82) is 0 Å². The van der Waals surface area contributed by atoms with E-state index in [1.165, 1.54) is 28.9 Å². The number of rotatable bonds is 4. The fourth-order valence-electron chi connectivity index (χ4n) is 3.55. The molecule has 0 atom stereocenters. The Hall–Kier alpha value is -3.66. The van der Waals surface area contributed by atoms with Gasteiger partial charge in [-0.1, -0.05) is 11.6 Å². The Morgan fingerprint density at radius 1 is 1.22 bits per heavy atom. The number of amides is 3. The number of H-pyrrole nitrogens is 1. The number of halogens is 1. The number of methoxy groups -OCH3 is 2. The number of nitrogens with zero attached hydrogens (tertiary/aromatic N) is 4. The number of hydrogen-bond donors (Lipinski definition) is 1. The van der Waals surface area contributed by atoms with Crippen LogP contribution >= 0.6 is 11.6 Å². The summed E-state index contributed by atoms with van der Waals surface area (Å²) in [7, 11) is 7.86. The molecule has 32 heavy (non-hydrogen) atoms. The van der Waals surface area contributed by atoms with Gasteiger partial charge in [0.05, 0.1) is 32.1 Å². The molecule has 1 aliphatic heterocycles. The van der Waals surface area contributed by atoms with Crippen LogP contribution in [-0.4, -0.2) is 62.4 Å². The van der Waals surface area contributed by atoms with E-state index < -0.39 is 6.09 Å². The average molecular weight is 460 g/mol. The second-order valence-corrected chi connectivity index (χ2v) is 7.76. The molecular weight excluding hydrogens is 438 g/mol. The summed E-state index contributed by atoms with van der Waals surface area (Å²) in [5.41, 5.74) is 2.42. The van der Waals surface area contributed by atoms with E-state index in [1.54, 1.807) is 45.5 Å². The van der Waals surface area contributed by atoms with Gasteiger partial charge in [0.1, 0.15) is 22.2 Å². The summed E-state index contributed by atoms with van der Waals surface area (Å²) >= 11 is 6.52. The number of carbonyl (C=O) groups is 2. The number of anilines is 2. The van der Waals surface area contributed by atoms with E-state index in [0.29, 0.717) is 38.9 Å². The zero-order chi connectivity index (χ0) is 23.2. The second kappa shape index (κ2) is 8.12. The van der Waals surface area contributed by atoms with Crippen LogP contribution in [0.2, 0.25) is 5.02 Å². The molecule has 168 valence electrons. The van der Waals surface area contributed by atoms with E-state index >= 15 is 0 Å². The first-order valence-electron chi connectivity index (χ1n) is 9.61. The molecule has 0 fully saturated rings. The van der Waals surface area contributed by atoms with Crippen LogP contribution in [0, 0.1) is 0 Å². The molecule has 3 amide bonds. The number of aromatic amines is 1. The first kappa shape index (κ1) is 21.6. The van der Waals surface area contributed by atoms with Crippen molar-refractivity contribution >= 4 is 46.1 Å². The van der Waals surface area contributed by atoms with Crippen molar-refractivity contribution < 1.29 is 23.8 Å². The lowest BCUT2D eigenvalue weighted by Crippen LogP contribution is -2.45. The zero-order valence-corrected chi connectivity index (χ0v) is 19.0. The number of hydrogen-bond acceptors (Lipinski definition) is 6. The summed E-state index contributed by atoms with van der Waals surface area (Å²) in [5.74, 6) is 1.14. The van der Waals surface area contributed by atoms with Crippen molar-refractivity contribution in [2.24, 2.45) is 0 Å². The van der Waals surface area contributed by atoms with Crippen molar-refractivity contribution in [1.82, 2.24) is 14.9 Å². The molecule has 0 saturated heterocycles. The third-order valence-corrected chi connectivity index (χ3v) is 5.54. The topological polar surface area (TPSA) is 100 Å². The molecule has 1 aromatic carbocycles. The molecule has 0 spiro atoms. The van der Waals surface area contributed by atoms with Crippen molar-refractivity contribution in [2.75, 3.05) is 45.2 Å². The van der Waals surface area contributed by atoms with E-state index in [0.717, 1.165) is 5.56 Å². The predicted octanol–water partition coefficient (Wildman–Crippen LogP) is 3.87. The molecule has 0 aliphatic carbocycles. The van der Waals surface area contributed by atoms with Crippen LogP contribution in [0.3, 0.4) is 0 Å². The van der Waals surface area contributed by atoms with Crippen LogP contribution < -0.4 is 24.0 Å². The molecule has 0 radical (unpaired) electrons. The zero-order valence-electron chi connectivity index (χ0n) is 18.2. The molecule has 10 nitrogen and oxygen atoms in total. The maximum absolute atomic E-state index is 13.3. The molecule has 2 aromatic heterocycles. The highest BCUT2D eigenvalue weighted by Gasteiger charge is 2.33. The van der Waals surface area contributed by atoms with Crippen molar-refractivity contribution in [3.05, 3.63) is 35.0 Å². The van der Waals surface area contributed by atoms with Crippen molar-refractivity contribution in [3.8, 4) is 17.4 Å². The monoisotopic (exact) mass is 459 g/mol. The summed E-state index contributed by atoms with van der Waals surface area (Å²) in [6.45, 7) is 0.232. The van der Waals surface area contributed by atoms with E-state index in [2.05, 4.69) is 9.97 Å². The second-order valence-electron chi connectivity index (χ2n) is 7.38. The Bertz CT molecular complexity index is 1230. The van der Waals surface area contributed by atoms with Gasteiger partial charge < -0.3 is 24.1 Å². The van der Waals surface area contributed by atoms with Gasteiger partial charge in [0.25, 0.3) is 0 Å². The summed E-state index contributed by atoms with van der Waals surface area (Å²) in [4.78, 5) is 37.0. The van der Waals surface area contributed by atoms with Gasteiger partial charge in [-0.3, -0.25) is 9.80 Å². The smallest absolute Gasteiger partial charge is 0.415 e. The van der Waals surface area contributed by atoms with E-state index in [1.807, 2.05) is 0 Å². The van der Waals surface area contributed by atoms with Gasteiger partial charge in [-0.15, -0.1) is 0 Å². The SMILES string of the molecule is COc1cc(OC)c(Cl)c(N2Cc3cnc4[nH]c(OC(=O)N(C)C)cc4c3N(C)C2=O)c1. The van der Waals surface area contributed by atoms with Crippen molar-refractivity contribution in [3.63, 3.8) is 0 Å². The normalized spacial score (nSPS) is 13.2. The van der Waals surface area contributed by atoms with Crippen LogP contribution in [0.5, 0.6) is 17.4 Å². The summed E-state index contributed by atoms with van der Waals surface area (Å²) in [6.07, 6.45) is 1.15. The van der Waals surface area contributed by atoms with Gasteiger partial charge in [0.15, 0.2) is 0 Å². The fourth-order valence-corrected chi connectivity index (χ4v) is 3.84. The number of aromatic nitrogens is 2. The van der Waals surface area contributed by atoms with Crippen LogP contribution in [-0.2, 0) is 6.54 Å². The highest BCUT2D eigenvalue weighted by atomic mass is 35.5. The van der Waals surface area contributed by atoms with Gasteiger partial charge in [-0.25, -0.2) is 14.6 Å². The van der Waals surface area contributed by atoms with E-state index in [4.69, 9.17) is 25.8 Å². The molecule has 3 aromatic rings. The van der Waals surface area contributed by atoms with Crippen molar-refractivity contribution in [2.45, 2.75) is 6.54 Å². The Morgan fingerprint density at radius 2 is 1.97 bits per heavy atom. The lowest BCUT2D eigenvalue weighted by Gasteiger charge is -2.35. The lowest BCUT2D eigenvalue weighted by atomic mass is 10.1. The molecule has 3 heterocycles. The molecular formula is C21H22ClN5O5. The van der Waals surface area contributed by atoms with E-state index in [9.17, 15) is 9.59 Å². The molecule has 11 heteroatoms. The minimum absolute atomic E-state index is 0.232. The van der Waals surface area contributed by atoms with Gasteiger partial charge in [0.2, 0.25) is 5.88 Å². The van der Waals surface area contributed by atoms with Gasteiger partial charge >= 0.3 is 12.1 Å². The standard InChI is InChI=1S/C21H22ClN5O5/c1-25(2)21(29)32-16-8-13-18-11(9-23-19(13)24-16)10-27(20(28)26(18)3)14-6-12(30-4)7-15(31-5)17(14)22/h6-9H,10H2,1-5H3,(H,23,24). The third kappa shape index (κ3) is 3.52. The fraction of sp³-hybridized carbons (Fsp3) is 0.286. The minimum Gasteiger partial charge on any atom is -0.497 e. The Balaban J connectivity index is 1.77. The Morgan fingerprint density at radius 3 is 2.62 bits per heavy atom. The largest absolute Gasteiger partial charge is 0.497 e. The van der Waals surface area contributed by atoms with Crippen LogP contribution in [0.1, 0.15) is 5.56 Å². The van der Waals surface area contributed by atoms with Crippen LogP contribution in [0.4, 0.5) is 21.0 Å². The third-order valence-electron chi connectivity index (χ3n) is 5.16. The number of carbonyl (C=O) groups excluding carboxylic acids is 2. The first-order valence-corrected chi connectivity index (χ1v) is 9.99. The molecule has 0 unspecified atom stereocenters. The Kier molecular flexibility index (Phi) is 5.47.